The van der Waals surface area contributed by atoms with Crippen molar-refractivity contribution in [2.75, 3.05) is 17.6 Å². The fourth-order valence-corrected chi connectivity index (χ4v) is 4.29. The number of anilines is 1. The summed E-state index contributed by atoms with van der Waals surface area (Å²) in [6, 6.07) is 13.7. The van der Waals surface area contributed by atoms with E-state index in [0.29, 0.717) is 39.1 Å². The molecule has 10 heteroatoms. The fraction of sp³-hybridized carbons (Fsp3) is 0.167. The van der Waals surface area contributed by atoms with Crippen molar-refractivity contribution in [1.29, 1.82) is 0 Å². The molecule has 0 atom stereocenters. The number of hydrogen-bond donors (Lipinski definition) is 3. The number of rotatable bonds is 7. The first-order chi connectivity index (χ1) is 16.2. The van der Waals surface area contributed by atoms with Gasteiger partial charge in [0.2, 0.25) is 10.0 Å². The molecular weight excluding hydrogens is 458 g/mol. The molecule has 0 saturated heterocycles. The summed E-state index contributed by atoms with van der Waals surface area (Å²) in [5.41, 5.74) is 1.11. The van der Waals surface area contributed by atoms with Crippen LogP contribution in [0.3, 0.4) is 0 Å². The van der Waals surface area contributed by atoms with E-state index in [2.05, 4.69) is 14.7 Å². The Kier molecular flexibility index (Phi) is 6.16. The molecule has 2 aromatic heterocycles. The molecule has 2 heterocycles. The molecule has 0 radical (unpaired) electrons. The van der Waals surface area contributed by atoms with Crippen LogP contribution < -0.4 is 15.0 Å². The Balaban J connectivity index is 2.04. The Bertz CT molecular complexity index is 1540. The molecule has 0 bridgehead atoms. The minimum Gasteiger partial charge on any atom is -0.461 e. The molecule has 0 aliphatic heterocycles. The second kappa shape index (κ2) is 9.06. The van der Waals surface area contributed by atoms with Crippen molar-refractivity contribution in [3.63, 3.8) is 0 Å². The van der Waals surface area contributed by atoms with Crippen molar-refractivity contribution in [3.05, 3.63) is 76.5 Å². The summed E-state index contributed by atoms with van der Waals surface area (Å²) >= 11 is 0. The summed E-state index contributed by atoms with van der Waals surface area (Å²) in [7, 11) is -3.57. The third-order valence-electron chi connectivity index (χ3n) is 5.06. The lowest BCUT2D eigenvalue weighted by Crippen LogP contribution is -2.17. The van der Waals surface area contributed by atoms with Gasteiger partial charge in [-0.1, -0.05) is 18.2 Å². The van der Waals surface area contributed by atoms with E-state index in [1.54, 1.807) is 50.4 Å². The number of nitrogens with one attached hydrogen (secondary N) is 3. The van der Waals surface area contributed by atoms with Gasteiger partial charge in [0.15, 0.2) is 0 Å². The monoisotopic (exact) mass is 481 g/mol. The molecule has 0 unspecified atom stereocenters. The zero-order valence-electron chi connectivity index (χ0n) is 18.8. The van der Waals surface area contributed by atoms with Gasteiger partial charge in [0.25, 0.3) is 5.56 Å². The lowest BCUT2D eigenvalue weighted by Gasteiger charge is -2.17. The summed E-state index contributed by atoms with van der Waals surface area (Å²) in [5, 5.41) is 0.842. The molecule has 0 amide bonds. The van der Waals surface area contributed by atoms with Crippen molar-refractivity contribution < 1.29 is 22.7 Å². The largest absolute Gasteiger partial charge is 0.461 e. The third kappa shape index (κ3) is 4.67. The number of H-pyrrole nitrogens is 2. The number of fused-ring (bicyclic) bond motifs is 1. The predicted octanol–water partition coefficient (Wildman–Crippen LogP) is 4.17. The highest BCUT2D eigenvalue weighted by Gasteiger charge is 2.24. The lowest BCUT2D eigenvalue weighted by molar-refractivity contribution is 0.0520. The molecule has 3 N–H and O–H groups in total. The van der Waals surface area contributed by atoms with Gasteiger partial charge in [-0.3, -0.25) is 9.52 Å². The highest BCUT2D eigenvalue weighted by molar-refractivity contribution is 7.92. The smallest absolute Gasteiger partial charge is 0.355 e. The lowest BCUT2D eigenvalue weighted by atomic mass is 9.97. The average molecular weight is 482 g/mol. The Morgan fingerprint density at radius 2 is 1.85 bits per heavy atom. The number of sulfonamides is 1. The van der Waals surface area contributed by atoms with Crippen LogP contribution in [0.1, 0.15) is 23.1 Å². The number of para-hydroxylation sites is 1. The van der Waals surface area contributed by atoms with Crippen molar-refractivity contribution in [1.82, 2.24) is 9.97 Å². The van der Waals surface area contributed by atoms with Crippen LogP contribution in [-0.2, 0) is 14.8 Å². The van der Waals surface area contributed by atoms with Gasteiger partial charge in [0.1, 0.15) is 17.2 Å². The minimum absolute atomic E-state index is 0.0623. The molecule has 0 aliphatic carbocycles. The first-order valence-electron chi connectivity index (χ1n) is 10.4. The summed E-state index contributed by atoms with van der Waals surface area (Å²) in [6.45, 7) is 3.51. The van der Waals surface area contributed by atoms with Crippen molar-refractivity contribution in [3.8, 4) is 22.6 Å². The summed E-state index contributed by atoms with van der Waals surface area (Å²) in [4.78, 5) is 31.3. The van der Waals surface area contributed by atoms with Gasteiger partial charge in [-0.25, -0.2) is 13.2 Å². The van der Waals surface area contributed by atoms with E-state index in [4.69, 9.17) is 9.47 Å². The zero-order valence-corrected chi connectivity index (χ0v) is 19.6. The van der Waals surface area contributed by atoms with Gasteiger partial charge >= 0.3 is 5.97 Å². The van der Waals surface area contributed by atoms with Crippen LogP contribution in [0.5, 0.6) is 11.5 Å². The van der Waals surface area contributed by atoms with E-state index >= 15 is 0 Å². The van der Waals surface area contributed by atoms with Gasteiger partial charge in [-0.05, 0) is 44.2 Å². The van der Waals surface area contributed by atoms with E-state index in [-0.39, 0.29) is 18.0 Å². The maximum absolute atomic E-state index is 12.9. The fourth-order valence-electron chi connectivity index (χ4n) is 3.73. The molecule has 4 aromatic rings. The van der Waals surface area contributed by atoms with Gasteiger partial charge in [0, 0.05) is 34.1 Å². The van der Waals surface area contributed by atoms with Crippen molar-refractivity contribution in [2.45, 2.75) is 13.8 Å². The topological polar surface area (TPSA) is 130 Å². The molecule has 34 heavy (non-hydrogen) atoms. The Morgan fingerprint density at radius 1 is 1.12 bits per heavy atom. The molecule has 4 rings (SSSR count). The van der Waals surface area contributed by atoms with Gasteiger partial charge < -0.3 is 19.4 Å². The van der Waals surface area contributed by atoms with Crippen LogP contribution in [0.25, 0.3) is 21.9 Å². The van der Waals surface area contributed by atoms with E-state index in [1.165, 1.54) is 0 Å². The van der Waals surface area contributed by atoms with Gasteiger partial charge in [-0.15, -0.1) is 0 Å². The van der Waals surface area contributed by atoms with E-state index in [9.17, 15) is 18.0 Å². The second-order valence-corrected chi connectivity index (χ2v) is 9.38. The Morgan fingerprint density at radius 3 is 2.53 bits per heavy atom. The number of carbonyl (C=O) groups is 1. The molecule has 0 fully saturated rings. The van der Waals surface area contributed by atoms with Crippen molar-refractivity contribution >= 4 is 32.5 Å². The highest BCUT2D eigenvalue weighted by Crippen LogP contribution is 2.40. The number of ether oxygens (including phenoxy) is 2. The Hall–Kier alpha value is -4.05. The maximum atomic E-state index is 12.9. The molecular formula is C24H23N3O6S. The number of aromatic nitrogens is 2. The standard InChI is InChI=1S/C24H23N3O6S/c1-4-32-24(29)22-21(18-13-25-14(2)20(18)23(28)26-22)17-12-15(27-34(3,30)31)10-11-19(17)33-16-8-6-5-7-9-16/h5-13,25,27H,4H2,1-3H3,(H,26,28). The number of esters is 1. The quantitative estimate of drug-likeness (QED) is 0.340. The number of carbonyl (C=O) groups excluding carboxylic acids is 1. The number of pyridine rings is 1. The summed E-state index contributed by atoms with van der Waals surface area (Å²) < 4.78 is 37.5. The normalized spacial score (nSPS) is 11.4. The zero-order chi connectivity index (χ0) is 24.5. The van der Waals surface area contributed by atoms with Crippen LogP contribution in [0.15, 0.2) is 59.5 Å². The molecule has 0 aliphatic rings. The number of aryl methyl sites for hydroxylation is 1. The molecule has 9 nitrogen and oxygen atoms in total. The summed E-state index contributed by atoms with van der Waals surface area (Å²) in [5.74, 6) is 0.168. The average Bonchev–Trinajstić information content (AvgIpc) is 3.17. The van der Waals surface area contributed by atoms with Crippen molar-refractivity contribution in [2.24, 2.45) is 0 Å². The van der Waals surface area contributed by atoms with Crippen LogP contribution in [0.2, 0.25) is 0 Å². The Labute approximate surface area is 195 Å². The van der Waals surface area contributed by atoms with Crippen LogP contribution in [0.4, 0.5) is 5.69 Å². The summed E-state index contributed by atoms with van der Waals surface area (Å²) in [6.07, 6.45) is 2.67. The third-order valence-corrected chi connectivity index (χ3v) is 5.67. The van der Waals surface area contributed by atoms with Crippen LogP contribution in [0, 0.1) is 6.92 Å². The molecule has 0 spiro atoms. The SMILES string of the molecule is CCOC(=O)c1[nH]c(=O)c2c(C)[nH]cc2c1-c1cc(NS(C)(=O)=O)ccc1Oc1ccccc1. The molecule has 176 valence electrons. The number of hydrogen-bond acceptors (Lipinski definition) is 6. The van der Waals surface area contributed by atoms with Gasteiger partial charge in [0.05, 0.1) is 18.2 Å². The van der Waals surface area contributed by atoms with E-state index in [1.807, 2.05) is 18.2 Å². The first-order valence-corrected chi connectivity index (χ1v) is 12.3. The van der Waals surface area contributed by atoms with Crippen LogP contribution in [-0.4, -0.2) is 37.2 Å². The minimum atomic E-state index is -3.57. The number of benzene rings is 2. The molecule has 0 saturated carbocycles. The van der Waals surface area contributed by atoms with E-state index < -0.39 is 21.6 Å². The van der Waals surface area contributed by atoms with E-state index in [0.717, 1.165) is 6.26 Å². The first kappa shape index (κ1) is 23.1. The molecule has 2 aromatic carbocycles. The second-order valence-electron chi connectivity index (χ2n) is 7.63. The maximum Gasteiger partial charge on any atom is 0.355 e. The highest BCUT2D eigenvalue weighted by atomic mass is 32.2. The van der Waals surface area contributed by atoms with Gasteiger partial charge in [-0.2, -0.15) is 0 Å². The van der Waals surface area contributed by atoms with Crippen LogP contribution >= 0.6 is 0 Å². The number of aromatic amines is 2. The predicted molar refractivity (Wildman–Crippen MR) is 130 cm³/mol.